The molecule has 0 fully saturated rings. The van der Waals surface area contributed by atoms with E-state index < -0.39 is 15.5 Å². The van der Waals surface area contributed by atoms with E-state index in [2.05, 4.69) is 0 Å². The molecule has 0 aromatic rings. The van der Waals surface area contributed by atoms with Gasteiger partial charge in [0, 0.05) is 13.2 Å². The summed E-state index contributed by atoms with van der Waals surface area (Å²) < 4.78 is 62.8. The van der Waals surface area contributed by atoms with Crippen molar-refractivity contribution in [1.29, 1.82) is 0 Å². The molecule has 0 saturated heterocycles. The monoisotopic (exact) mass is 249 g/mol. The highest BCUT2D eigenvalue weighted by Gasteiger charge is 2.45. The predicted molar refractivity (Wildman–Crippen MR) is 48.7 cm³/mol. The van der Waals surface area contributed by atoms with Crippen LogP contribution in [-0.4, -0.2) is 33.2 Å². The smallest absolute Gasteiger partial charge is 0.379 e. The Hall–Kier alpha value is -0.340. The van der Waals surface area contributed by atoms with Crippen molar-refractivity contribution >= 4 is 10.0 Å². The van der Waals surface area contributed by atoms with Gasteiger partial charge in [-0.3, -0.25) is 0 Å². The van der Waals surface area contributed by atoms with Crippen LogP contribution in [0.1, 0.15) is 20.3 Å². The van der Waals surface area contributed by atoms with Crippen LogP contribution in [0, 0.1) is 0 Å². The molecule has 0 aromatic carbocycles. The van der Waals surface area contributed by atoms with Gasteiger partial charge in [-0.25, -0.2) is 13.1 Å². The number of halogens is 3. The van der Waals surface area contributed by atoms with E-state index in [-0.39, 0.29) is 25.7 Å². The van der Waals surface area contributed by atoms with Gasteiger partial charge in [-0.15, -0.1) is 0 Å². The van der Waals surface area contributed by atoms with Crippen LogP contribution in [-0.2, 0) is 14.8 Å². The number of rotatable bonds is 6. The Morgan fingerprint density at radius 3 is 2.27 bits per heavy atom. The Morgan fingerprint density at radius 1 is 1.33 bits per heavy atom. The standard InChI is InChI=1S/C7H14F3NO3S/c1-6(2)14-5-3-4-11-15(12,13)7(8,9)10/h6,11H,3-5H2,1-2H3. The molecule has 0 atom stereocenters. The second-order valence-electron chi connectivity index (χ2n) is 3.12. The summed E-state index contributed by atoms with van der Waals surface area (Å²) in [5, 5.41) is 0. The fraction of sp³-hybridized carbons (Fsp3) is 1.00. The lowest BCUT2D eigenvalue weighted by Gasteiger charge is -2.10. The largest absolute Gasteiger partial charge is 0.511 e. The first-order valence-corrected chi connectivity index (χ1v) is 5.82. The quantitative estimate of drug-likeness (QED) is 0.720. The van der Waals surface area contributed by atoms with Gasteiger partial charge >= 0.3 is 15.5 Å². The molecule has 0 unspecified atom stereocenters. The van der Waals surface area contributed by atoms with E-state index in [9.17, 15) is 21.6 Å². The Labute approximate surface area is 86.8 Å². The average Bonchev–Trinajstić information content (AvgIpc) is 2.00. The maximum Gasteiger partial charge on any atom is 0.511 e. The molecule has 0 saturated carbocycles. The summed E-state index contributed by atoms with van der Waals surface area (Å²) in [7, 11) is -5.20. The fourth-order valence-electron chi connectivity index (χ4n) is 0.680. The molecule has 0 aliphatic carbocycles. The third-order valence-corrected chi connectivity index (χ3v) is 2.56. The van der Waals surface area contributed by atoms with Gasteiger partial charge in [-0.05, 0) is 20.3 Å². The number of ether oxygens (including phenoxy) is 1. The van der Waals surface area contributed by atoms with E-state index in [1.54, 1.807) is 13.8 Å². The summed E-state index contributed by atoms with van der Waals surface area (Å²) >= 11 is 0. The molecule has 0 aliphatic rings. The first-order chi connectivity index (χ1) is 6.67. The lowest BCUT2D eigenvalue weighted by atomic mass is 10.4. The predicted octanol–water partition coefficient (Wildman–Crippen LogP) is 1.24. The Morgan fingerprint density at radius 2 is 1.87 bits per heavy atom. The fourth-order valence-corrected chi connectivity index (χ4v) is 1.26. The van der Waals surface area contributed by atoms with Gasteiger partial charge in [0.1, 0.15) is 0 Å². The zero-order valence-corrected chi connectivity index (χ0v) is 9.28. The summed E-state index contributed by atoms with van der Waals surface area (Å²) in [5.41, 5.74) is -5.24. The van der Waals surface area contributed by atoms with E-state index in [4.69, 9.17) is 4.74 Å². The molecule has 92 valence electrons. The summed E-state index contributed by atoms with van der Waals surface area (Å²) in [6.07, 6.45) is 0.178. The van der Waals surface area contributed by atoms with Gasteiger partial charge in [-0.2, -0.15) is 13.2 Å². The van der Waals surface area contributed by atoms with Gasteiger partial charge < -0.3 is 4.74 Å². The maximum atomic E-state index is 11.8. The number of nitrogens with one attached hydrogen (secondary N) is 1. The number of sulfonamides is 1. The van der Waals surface area contributed by atoms with Crippen molar-refractivity contribution < 1.29 is 26.3 Å². The minimum absolute atomic E-state index is 0.0239. The van der Waals surface area contributed by atoms with Gasteiger partial charge in [-0.1, -0.05) is 0 Å². The van der Waals surface area contributed by atoms with Crippen molar-refractivity contribution in [2.75, 3.05) is 13.2 Å². The first kappa shape index (κ1) is 14.7. The Balaban J connectivity index is 3.78. The highest BCUT2D eigenvalue weighted by atomic mass is 32.2. The SMILES string of the molecule is CC(C)OCCCNS(=O)(=O)C(F)(F)F. The van der Waals surface area contributed by atoms with Crippen molar-refractivity contribution in [2.45, 2.75) is 31.9 Å². The summed E-state index contributed by atoms with van der Waals surface area (Å²) in [6, 6.07) is 0. The van der Waals surface area contributed by atoms with Crippen LogP contribution in [0.25, 0.3) is 0 Å². The molecule has 15 heavy (non-hydrogen) atoms. The van der Waals surface area contributed by atoms with Crippen molar-refractivity contribution in [2.24, 2.45) is 0 Å². The van der Waals surface area contributed by atoms with Crippen LogP contribution in [0.2, 0.25) is 0 Å². The molecule has 0 aromatic heterocycles. The molecule has 0 radical (unpaired) electrons. The van der Waals surface area contributed by atoms with Gasteiger partial charge in [0.15, 0.2) is 0 Å². The highest BCUT2D eigenvalue weighted by molar-refractivity contribution is 7.90. The Bertz CT molecular complexity index is 274. The summed E-state index contributed by atoms with van der Waals surface area (Å²) in [4.78, 5) is 0. The summed E-state index contributed by atoms with van der Waals surface area (Å²) in [5.74, 6) is 0. The normalized spacial score (nSPS) is 13.5. The molecule has 8 heteroatoms. The van der Waals surface area contributed by atoms with E-state index >= 15 is 0 Å². The molecular formula is C7H14F3NO3S. The number of hydrogen-bond donors (Lipinski definition) is 1. The van der Waals surface area contributed by atoms with Crippen molar-refractivity contribution in [3.63, 3.8) is 0 Å². The maximum absolute atomic E-state index is 11.8. The first-order valence-electron chi connectivity index (χ1n) is 4.34. The molecule has 0 heterocycles. The molecule has 0 amide bonds. The van der Waals surface area contributed by atoms with E-state index in [0.29, 0.717) is 0 Å². The van der Waals surface area contributed by atoms with Crippen LogP contribution < -0.4 is 4.72 Å². The Kier molecular flexibility index (Phi) is 5.54. The second kappa shape index (κ2) is 5.66. The number of alkyl halides is 3. The van der Waals surface area contributed by atoms with Crippen molar-refractivity contribution in [1.82, 2.24) is 4.72 Å². The molecule has 1 N–H and O–H groups in total. The zero-order valence-electron chi connectivity index (χ0n) is 8.47. The number of hydrogen-bond acceptors (Lipinski definition) is 3. The topological polar surface area (TPSA) is 55.4 Å². The van der Waals surface area contributed by atoms with Gasteiger partial charge in [0.25, 0.3) is 0 Å². The lowest BCUT2D eigenvalue weighted by molar-refractivity contribution is -0.0448. The summed E-state index contributed by atoms with van der Waals surface area (Å²) in [6.45, 7) is 3.49. The van der Waals surface area contributed by atoms with E-state index in [1.807, 2.05) is 0 Å². The molecule has 4 nitrogen and oxygen atoms in total. The average molecular weight is 249 g/mol. The molecule has 0 bridgehead atoms. The highest BCUT2D eigenvalue weighted by Crippen LogP contribution is 2.21. The van der Waals surface area contributed by atoms with Crippen LogP contribution >= 0.6 is 0 Å². The third-order valence-electron chi connectivity index (χ3n) is 1.37. The van der Waals surface area contributed by atoms with Crippen LogP contribution in [0.5, 0.6) is 0 Å². The minimum Gasteiger partial charge on any atom is -0.379 e. The zero-order chi connectivity index (χ0) is 12.1. The van der Waals surface area contributed by atoms with Crippen LogP contribution in [0.15, 0.2) is 0 Å². The molecule has 0 aliphatic heterocycles. The van der Waals surface area contributed by atoms with E-state index in [0.717, 1.165) is 0 Å². The van der Waals surface area contributed by atoms with Crippen molar-refractivity contribution in [3.8, 4) is 0 Å². The van der Waals surface area contributed by atoms with Crippen LogP contribution in [0.3, 0.4) is 0 Å². The second-order valence-corrected chi connectivity index (χ2v) is 4.88. The molecule has 0 rings (SSSR count). The molecular weight excluding hydrogens is 235 g/mol. The minimum atomic E-state index is -5.24. The third kappa shape index (κ3) is 5.95. The lowest BCUT2D eigenvalue weighted by Crippen LogP contribution is -2.37. The molecule has 0 spiro atoms. The van der Waals surface area contributed by atoms with E-state index in [1.165, 1.54) is 4.72 Å². The van der Waals surface area contributed by atoms with Crippen molar-refractivity contribution in [3.05, 3.63) is 0 Å². The van der Waals surface area contributed by atoms with Gasteiger partial charge in [0.2, 0.25) is 0 Å². The van der Waals surface area contributed by atoms with Gasteiger partial charge in [0.05, 0.1) is 6.10 Å². The van der Waals surface area contributed by atoms with Crippen LogP contribution in [0.4, 0.5) is 13.2 Å².